The van der Waals surface area contributed by atoms with Gasteiger partial charge in [0.25, 0.3) is 11.1 Å². The maximum Gasteiger partial charge on any atom is 0.311 e. The molecule has 0 fully saturated rings. The molecule has 0 unspecified atom stereocenters. The molecule has 12 heteroatoms. The summed E-state index contributed by atoms with van der Waals surface area (Å²) in [7, 11) is 1.36. The van der Waals surface area contributed by atoms with Crippen LogP contribution >= 0.6 is 11.3 Å². The zero-order chi connectivity index (χ0) is 24.7. The number of hydrogen-bond acceptors (Lipinski definition) is 9. The van der Waals surface area contributed by atoms with Crippen LogP contribution in [0.25, 0.3) is 28.0 Å². The van der Waals surface area contributed by atoms with Crippen LogP contribution in [-0.4, -0.2) is 36.4 Å². The number of nitro benzene ring substituents is 1. The predicted octanol–water partition coefficient (Wildman–Crippen LogP) is 2.14. The summed E-state index contributed by atoms with van der Waals surface area (Å²) < 4.78 is 8.11. The van der Waals surface area contributed by atoms with Crippen LogP contribution in [0.5, 0.6) is 5.75 Å². The van der Waals surface area contributed by atoms with Gasteiger partial charge < -0.3 is 4.74 Å². The number of methoxy groups -OCH3 is 1. The summed E-state index contributed by atoms with van der Waals surface area (Å²) >= 11 is 1.02. The van der Waals surface area contributed by atoms with E-state index in [0.29, 0.717) is 16.8 Å². The van der Waals surface area contributed by atoms with Crippen LogP contribution in [-0.2, 0) is 0 Å². The van der Waals surface area contributed by atoms with E-state index in [4.69, 9.17) is 4.74 Å². The van der Waals surface area contributed by atoms with Gasteiger partial charge in [-0.15, -0.1) is 0 Å². The molecule has 0 aliphatic heterocycles. The first-order valence-electron chi connectivity index (χ1n) is 10.3. The molecule has 0 bridgehead atoms. The van der Waals surface area contributed by atoms with Gasteiger partial charge in [-0.05, 0) is 37.3 Å². The molecule has 5 rings (SSSR count). The van der Waals surface area contributed by atoms with E-state index >= 15 is 0 Å². The highest BCUT2D eigenvalue weighted by Gasteiger charge is 2.19. The molecule has 0 saturated carbocycles. The van der Waals surface area contributed by atoms with E-state index in [1.54, 1.807) is 23.0 Å². The summed E-state index contributed by atoms with van der Waals surface area (Å²) in [6.45, 7) is 1.49. The first-order chi connectivity index (χ1) is 16.9. The second-order valence-corrected chi connectivity index (χ2v) is 8.48. The van der Waals surface area contributed by atoms with E-state index in [9.17, 15) is 19.7 Å². The fourth-order valence-corrected chi connectivity index (χ4v) is 4.43. The van der Waals surface area contributed by atoms with Gasteiger partial charge in [0, 0.05) is 23.4 Å². The molecule has 0 spiro atoms. The van der Waals surface area contributed by atoms with Crippen LogP contribution < -0.4 is 20.4 Å². The van der Waals surface area contributed by atoms with Gasteiger partial charge in [-0.3, -0.25) is 19.7 Å². The lowest BCUT2D eigenvalue weighted by Crippen LogP contribution is -2.27. The van der Waals surface area contributed by atoms with E-state index in [0.717, 1.165) is 21.5 Å². The molecule has 2 aromatic carbocycles. The Balaban J connectivity index is 1.76. The number of hydrogen-bond donors (Lipinski definition) is 0. The standard InChI is InChI=1S/C23H16N6O5S/c1-13-21(30)24-23-28(25-13)22(31)19(35-23)11-15-12-27(16-6-4-3-5-7-16)26-20(15)14-8-9-18(34-2)17(10-14)29(32)33/h3-12H,1-2H3. The highest BCUT2D eigenvalue weighted by atomic mass is 32.1. The van der Waals surface area contributed by atoms with Crippen molar-refractivity contribution in [1.82, 2.24) is 24.4 Å². The van der Waals surface area contributed by atoms with Crippen molar-refractivity contribution in [1.29, 1.82) is 0 Å². The molecule has 0 saturated heterocycles. The maximum absolute atomic E-state index is 13.0. The van der Waals surface area contributed by atoms with Gasteiger partial charge in [-0.2, -0.15) is 19.7 Å². The van der Waals surface area contributed by atoms with Crippen molar-refractivity contribution in [2.24, 2.45) is 0 Å². The number of nitrogens with zero attached hydrogens (tertiary/aromatic N) is 6. The van der Waals surface area contributed by atoms with Gasteiger partial charge in [0.15, 0.2) is 5.75 Å². The SMILES string of the molecule is COc1ccc(-c2nn(-c3ccccc3)cc2C=c2sc3nc(=O)c(C)nn3c2=O)cc1[N+](=O)[O-]. The molecular formula is C23H16N6O5S. The molecule has 3 heterocycles. The average molecular weight is 488 g/mol. The lowest BCUT2D eigenvalue weighted by molar-refractivity contribution is -0.385. The minimum absolute atomic E-state index is 0.118. The lowest BCUT2D eigenvalue weighted by Gasteiger charge is -2.04. The molecule has 35 heavy (non-hydrogen) atoms. The van der Waals surface area contributed by atoms with Gasteiger partial charge in [0.2, 0.25) is 4.96 Å². The van der Waals surface area contributed by atoms with Crippen LogP contribution in [0.15, 0.2) is 64.3 Å². The second-order valence-electron chi connectivity index (χ2n) is 7.47. The Morgan fingerprint density at radius 3 is 2.60 bits per heavy atom. The first kappa shape index (κ1) is 22.1. The summed E-state index contributed by atoms with van der Waals surface area (Å²) in [5.74, 6) is 0.121. The minimum Gasteiger partial charge on any atom is -0.490 e. The summed E-state index contributed by atoms with van der Waals surface area (Å²) in [6.07, 6.45) is 3.33. The van der Waals surface area contributed by atoms with E-state index in [1.165, 1.54) is 26.2 Å². The number of aromatic nitrogens is 5. The number of thiazole rings is 1. The molecule has 0 aliphatic carbocycles. The molecule has 0 amide bonds. The summed E-state index contributed by atoms with van der Waals surface area (Å²) in [5.41, 5.74) is 1.17. The van der Waals surface area contributed by atoms with Crippen LogP contribution in [0.4, 0.5) is 5.69 Å². The zero-order valence-corrected chi connectivity index (χ0v) is 19.2. The number of benzene rings is 2. The lowest BCUT2D eigenvalue weighted by atomic mass is 10.1. The molecule has 3 aromatic heterocycles. The van der Waals surface area contributed by atoms with E-state index in [-0.39, 0.29) is 26.6 Å². The van der Waals surface area contributed by atoms with Gasteiger partial charge in [-0.25, -0.2) is 4.68 Å². The van der Waals surface area contributed by atoms with Crippen LogP contribution in [0, 0.1) is 17.0 Å². The van der Waals surface area contributed by atoms with Crippen LogP contribution in [0.3, 0.4) is 0 Å². The Morgan fingerprint density at radius 2 is 1.89 bits per heavy atom. The largest absolute Gasteiger partial charge is 0.490 e. The van der Waals surface area contributed by atoms with Crippen LogP contribution in [0.1, 0.15) is 11.3 Å². The molecular weight excluding hydrogens is 472 g/mol. The van der Waals surface area contributed by atoms with Crippen LogP contribution in [0.2, 0.25) is 0 Å². The highest BCUT2D eigenvalue weighted by Crippen LogP contribution is 2.33. The number of nitro groups is 1. The number of para-hydroxylation sites is 1. The zero-order valence-electron chi connectivity index (χ0n) is 18.4. The third kappa shape index (κ3) is 3.95. The minimum atomic E-state index is -0.529. The number of rotatable bonds is 5. The van der Waals surface area contributed by atoms with Crippen molar-refractivity contribution in [3.63, 3.8) is 0 Å². The fourth-order valence-electron chi connectivity index (χ4n) is 3.54. The first-order valence-corrected chi connectivity index (χ1v) is 11.1. The Hall–Kier alpha value is -4.71. The van der Waals surface area contributed by atoms with Crippen molar-refractivity contribution in [2.45, 2.75) is 6.92 Å². The van der Waals surface area contributed by atoms with Gasteiger partial charge in [0.05, 0.1) is 22.3 Å². The molecule has 0 aliphatic rings. The number of fused-ring (bicyclic) bond motifs is 1. The van der Waals surface area contributed by atoms with E-state index in [2.05, 4.69) is 15.2 Å². The molecule has 5 aromatic rings. The molecule has 0 radical (unpaired) electrons. The third-order valence-corrected chi connectivity index (χ3v) is 6.20. The van der Waals surface area contributed by atoms with Crippen molar-refractivity contribution in [3.8, 4) is 22.7 Å². The Kier molecular flexibility index (Phi) is 5.41. The highest BCUT2D eigenvalue weighted by molar-refractivity contribution is 7.15. The molecule has 0 atom stereocenters. The van der Waals surface area contributed by atoms with Crippen molar-refractivity contribution in [2.75, 3.05) is 7.11 Å². The fraction of sp³-hybridized carbons (Fsp3) is 0.0870. The van der Waals surface area contributed by atoms with E-state index in [1.807, 2.05) is 30.3 Å². The van der Waals surface area contributed by atoms with Gasteiger partial charge >= 0.3 is 5.69 Å². The Bertz CT molecular complexity index is 1770. The Morgan fingerprint density at radius 1 is 1.11 bits per heavy atom. The third-order valence-electron chi connectivity index (χ3n) is 5.24. The normalized spacial score (nSPS) is 11.8. The Labute approximate surface area is 200 Å². The molecule has 174 valence electrons. The van der Waals surface area contributed by atoms with Gasteiger partial charge in [0.1, 0.15) is 11.4 Å². The average Bonchev–Trinajstić information content (AvgIpc) is 3.41. The maximum atomic E-state index is 13.0. The monoisotopic (exact) mass is 488 g/mol. The second kappa shape index (κ2) is 8.57. The topological polar surface area (TPSA) is 135 Å². The molecule has 0 N–H and O–H groups in total. The van der Waals surface area contributed by atoms with E-state index < -0.39 is 16.0 Å². The van der Waals surface area contributed by atoms with Gasteiger partial charge in [-0.1, -0.05) is 29.5 Å². The number of ether oxygens (including phenoxy) is 1. The van der Waals surface area contributed by atoms with Crippen molar-refractivity contribution in [3.05, 3.63) is 101 Å². The summed E-state index contributed by atoms with van der Waals surface area (Å²) in [4.78, 5) is 40.0. The smallest absolute Gasteiger partial charge is 0.311 e. The predicted molar refractivity (Wildman–Crippen MR) is 129 cm³/mol. The molecule has 11 nitrogen and oxygen atoms in total. The summed E-state index contributed by atoms with van der Waals surface area (Å²) in [5, 5.41) is 20.3. The quantitative estimate of drug-likeness (QED) is 0.271. The number of aryl methyl sites for hydroxylation is 1. The van der Waals surface area contributed by atoms with Crippen molar-refractivity contribution >= 4 is 28.1 Å². The summed E-state index contributed by atoms with van der Waals surface area (Å²) in [6, 6.07) is 13.8. The van der Waals surface area contributed by atoms with Crippen molar-refractivity contribution < 1.29 is 9.66 Å².